The Morgan fingerprint density at radius 1 is 1.40 bits per heavy atom. The Bertz CT molecular complexity index is 747. The van der Waals surface area contributed by atoms with E-state index < -0.39 is 0 Å². The number of carbonyl (C=O) groups excluding carboxylic acids is 1. The molecule has 1 amide bonds. The second-order valence-corrected chi connectivity index (χ2v) is 6.62. The van der Waals surface area contributed by atoms with E-state index in [9.17, 15) is 4.79 Å². The Labute approximate surface area is 146 Å². The summed E-state index contributed by atoms with van der Waals surface area (Å²) in [7, 11) is 1.63. The standard InChI is InChI=1S/C18H22N4O3/c1-24-16-6-2-4-13-8-14(10-25-17(13)16)18(23)21-7-3-5-15(9-21)22-12-19-11-20-22/h2,4,6,11-12,14-15H,3,5,7-10H2,1H3/t14-,15+/m1/s1. The quantitative estimate of drug-likeness (QED) is 0.849. The van der Waals surface area contributed by atoms with Crippen LogP contribution in [-0.4, -0.2) is 52.4 Å². The molecule has 2 aliphatic rings. The molecule has 2 atom stereocenters. The van der Waals surface area contributed by atoms with Crippen LogP contribution in [0.3, 0.4) is 0 Å². The van der Waals surface area contributed by atoms with E-state index in [1.54, 1.807) is 19.8 Å². The smallest absolute Gasteiger partial charge is 0.229 e. The highest BCUT2D eigenvalue weighted by molar-refractivity contribution is 5.80. The molecule has 7 heteroatoms. The Morgan fingerprint density at radius 3 is 3.12 bits per heavy atom. The number of hydrogen-bond donors (Lipinski definition) is 0. The minimum absolute atomic E-state index is 0.144. The van der Waals surface area contributed by atoms with Crippen molar-refractivity contribution >= 4 is 5.91 Å². The van der Waals surface area contributed by atoms with E-state index in [0.717, 1.165) is 36.4 Å². The molecule has 25 heavy (non-hydrogen) atoms. The van der Waals surface area contributed by atoms with Gasteiger partial charge in [0.1, 0.15) is 19.3 Å². The van der Waals surface area contributed by atoms with Crippen LogP contribution in [0.2, 0.25) is 0 Å². The monoisotopic (exact) mass is 342 g/mol. The van der Waals surface area contributed by atoms with Crippen LogP contribution in [0, 0.1) is 5.92 Å². The van der Waals surface area contributed by atoms with Gasteiger partial charge in [-0.2, -0.15) is 5.10 Å². The predicted octanol–water partition coefficient (Wildman–Crippen LogP) is 1.70. The van der Waals surface area contributed by atoms with Crippen LogP contribution in [0.15, 0.2) is 30.9 Å². The van der Waals surface area contributed by atoms with E-state index >= 15 is 0 Å². The molecule has 2 aliphatic heterocycles. The van der Waals surface area contributed by atoms with E-state index in [1.165, 1.54) is 0 Å². The van der Waals surface area contributed by atoms with Gasteiger partial charge in [0.15, 0.2) is 11.5 Å². The molecule has 132 valence electrons. The Balaban J connectivity index is 1.46. The second-order valence-electron chi connectivity index (χ2n) is 6.62. The molecule has 4 rings (SSSR count). The van der Waals surface area contributed by atoms with Crippen LogP contribution in [0.5, 0.6) is 11.5 Å². The van der Waals surface area contributed by atoms with Gasteiger partial charge in [-0.05, 0) is 30.9 Å². The average Bonchev–Trinajstić information content (AvgIpc) is 3.21. The van der Waals surface area contributed by atoms with Gasteiger partial charge in [-0.1, -0.05) is 12.1 Å². The minimum Gasteiger partial charge on any atom is -0.493 e. The number of carbonyl (C=O) groups is 1. The summed E-state index contributed by atoms with van der Waals surface area (Å²) in [5, 5.41) is 4.22. The molecule has 1 fully saturated rings. The highest BCUT2D eigenvalue weighted by atomic mass is 16.5. The van der Waals surface area contributed by atoms with Gasteiger partial charge in [-0.3, -0.25) is 4.79 Å². The molecule has 1 aromatic heterocycles. The molecular formula is C18H22N4O3. The van der Waals surface area contributed by atoms with Crippen LogP contribution in [0.4, 0.5) is 0 Å². The normalized spacial score (nSPS) is 22.8. The van der Waals surface area contributed by atoms with Crippen molar-refractivity contribution < 1.29 is 14.3 Å². The lowest BCUT2D eigenvalue weighted by Gasteiger charge is -2.36. The Kier molecular flexibility index (Phi) is 4.29. The van der Waals surface area contributed by atoms with E-state index in [4.69, 9.17) is 9.47 Å². The lowest BCUT2D eigenvalue weighted by atomic mass is 9.94. The maximum absolute atomic E-state index is 13.0. The van der Waals surface area contributed by atoms with Crippen LogP contribution >= 0.6 is 0 Å². The third kappa shape index (κ3) is 3.06. The molecular weight excluding hydrogens is 320 g/mol. The molecule has 1 saturated heterocycles. The maximum atomic E-state index is 13.0. The summed E-state index contributed by atoms with van der Waals surface area (Å²) in [6.07, 6.45) is 5.96. The number of rotatable bonds is 3. The zero-order valence-electron chi connectivity index (χ0n) is 14.3. The van der Waals surface area contributed by atoms with Gasteiger partial charge >= 0.3 is 0 Å². The second kappa shape index (κ2) is 6.74. The summed E-state index contributed by atoms with van der Waals surface area (Å²) < 4.78 is 13.1. The number of amides is 1. The summed E-state index contributed by atoms with van der Waals surface area (Å²) in [5.41, 5.74) is 1.04. The number of piperidine rings is 1. The molecule has 2 aromatic rings. The van der Waals surface area contributed by atoms with E-state index in [-0.39, 0.29) is 17.9 Å². The number of likely N-dealkylation sites (tertiary alicyclic amines) is 1. The van der Waals surface area contributed by atoms with E-state index in [2.05, 4.69) is 10.1 Å². The molecule has 1 aromatic carbocycles. The van der Waals surface area contributed by atoms with Crippen LogP contribution < -0.4 is 9.47 Å². The third-order valence-electron chi connectivity index (χ3n) is 5.04. The number of fused-ring (bicyclic) bond motifs is 1. The molecule has 0 unspecified atom stereocenters. The summed E-state index contributed by atoms with van der Waals surface area (Å²) >= 11 is 0. The highest BCUT2D eigenvalue weighted by Gasteiger charge is 2.33. The summed E-state index contributed by atoms with van der Waals surface area (Å²) in [6.45, 7) is 1.88. The SMILES string of the molecule is COc1cccc2c1OC[C@H](C(=O)N1CCC[C@H](n3cncn3)C1)C2. The van der Waals surface area contributed by atoms with Crippen molar-refractivity contribution in [1.82, 2.24) is 19.7 Å². The van der Waals surface area contributed by atoms with Crippen molar-refractivity contribution in [3.8, 4) is 11.5 Å². The van der Waals surface area contributed by atoms with Crippen molar-refractivity contribution in [1.29, 1.82) is 0 Å². The highest BCUT2D eigenvalue weighted by Crippen LogP contribution is 2.36. The van der Waals surface area contributed by atoms with Crippen LogP contribution in [0.1, 0.15) is 24.4 Å². The van der Waals surface area contributed by atoms with Crippen molar-refractivity contribution in [2.24, 2.45) is 5.92 Å². The van der Waals surface area contributed by atoms with Gasteiger partial charge in [-0.15, -0.1) is 0 Å². The summed E-state index contributed by atoms with van der Waals surface area (Å²) in [5.74, 6) is 1.52. The van der Waals surface area contributed by atoms with Crippen molar-refractivity contribution in [3.05, 3.63) is 36.4 Å². The summed E-state index contributed by atoms with van der Waals surface area (Å²) in [4.78, 5) is 19.0. The average molecular weight is 342 g/mol. The van der Waals surface area contributed by atoms with Crippen LogP contribution in [0.25, 0.3) is 0 Å². The number of methoxy groups -OCH3 is 1. The fourth-order valence-electron chi connectivity index (χ4n) is 3.75. The third-order valence-corrected chi connectivity index (χ3v) is 5.04. The molecule has 7 nitrogen and oxygen atoms in total. The fourth-order valence-corrected chi connectivity index (χ4v) is 3.75. The van der Waals surface area contributed by atoms with Crippen molar-refractivity contribution in [2.45, 2.75) is 25.3 Å². The topological polar surface area (TPSA) is 69.5 Å². The van der Waals surface area contributed by atoms with Crippen molar-refractivity contribution in [2.75, 3.05) is 26.8 Å². The van der Waals surface area contributed by atoms with Gasteiger partial charge in [0.05, 0.1) is 19.1 Å². The number of ether oxygens (including phenoxy) is 2. The number of nitrogens with zero attached hydrogens (tertiary/aromatic N) is 4. The van der Waals surface area contributed by atoms with Crippen molar-refractivity contribution in [3.63, 3.8) is 0 Å². The molecule has 0 saturated carbocycles. The first-order valence-electron chi connectivity index (χ1n) is 8.68. The molecule has 0 radical (unpaired) electrons. The first-order valence-corrected chi connectivity index (χ1v) is 8.68. The first kappa shape index (κ1) is 15.9. The largest absolute Gasteiger partial charge is 0.493 e. The first-order chi connectivity index (χ1) is 12.3. The number of hydrogen-bond acceptors (Lipinski definition) is 5. The number of benzene rings is 1. The van der Waals surface area contributed by atoms with Gasteiger partial charge in [0.2, 0.25) is 5.91 Å². The molecule has 0 bridgehead atoms. The Morgan fingerprint density at radius 2 is 2.32 bits per heavy atom. The lowest BCUT2D eigenvalue weighted by molar-refractivity contribution is -0.138. The van der Waals surface area contributed by atoms with Gasteiger partial charge < -0.3 is 14.4 Å². The molecule has 3 heterocycles. The number of aromatic nitrogens is 3. The van der Waals surface area contributed by atoms with E-state index in [0.29, 0.717) is 19.6 Å². The number of para-hydroxylation sites is 1. The van der Waals surface area contributed by atoms with Crippen LogP contribution in [-0.2, 0) is 11.2 Å². The van der Waals surface area contributed by atoms with Gasteiger partial charge in [0, 0.05) is 13.1 Å². The fraction of sp³-hybridized carbons (Fsp3) is 0.500. The Hall–Kier alpha value is -2.57. The lowest BCUT2D eigenvalue weighted by Crippen LogP contribution is -2.46. The maximum Gasteiger partial charge on any atom is 0.229 e. The summed E-state index contributed by atoms with van der Waals surface area (Å²) in [6, 6.07) is 6.03. The molecule has 0 spiro atoms. The zero-order chi connectivity index (χ0) is 17.2. The predicted molar refractivity (Wildman–Crippen MR) is 90.6 cm³/mol. The molecule has 0 aliphatic carbocycles. The van der Waals surface area contributed by atoms with E-state index in [1.807, 2.05) is 27.8 Å². The molecule has 0 N–H and O–H groups in total. The van der Waals surface area contributed by atoms with Gasteiger partial charge in [-0.25, -0.2) is 9.67 Å². The van der Waals surface area contributed by atoms with Gasteiger partial charge in [0.25, 0.3) is 0 Å². The minimum atomic E-state index is -0.144. The zero-order valence-corrected chi connectivity index (χ0v) is 14.3.